The van der Waals surface area contributed by atoms with Gasteiger partial charge in [0, 0.05) is 0 Å². The van der Waals surface area contributed by atoms with Crippen molar-refractivity contribution in [1.29, 1.82) is 0 Å². The Bertz CT molecular complexity index is 1090. The molecule has 0 aliphatic heterocycles. The SMILES string of the molecule is Cc1[nH]n(-c2ccc(S(=O)(=O)[O-])cc2)c(=O)c1N=Nc1ccccc1.[Na+]. The second kappa shape index (κ2) is 8.11. The molecule has 1 heterocycles. The number of aryl methyl sites for hydroxylation is 1. The van der Waals surface area contributed by atoms with Crippen LogP contribution in [0.4, 0.5) is 11.4 Å². The number of hydrogen-bond acceptors (Lipinski definition) is 6. The van der Waals surface area contributed by atoms with E-state index in [4.69, 9.17) is 0 Å². The van der Waals surface area contributed by atoms with Gasteiger partial charge in [0.15, 0.2) is 5.69 Å². The molecule has 0 atom stereocenters. The van der Waals surface area contributed by atoms with E-state index in [1.807, 2.05) is 18.2 Å². The maximum atomic E-state index is 12.5. The number of rotatable bonds is 4. The van der Waals surface area contributed by atoms with Crippen molar-refractivity contribution in [2.75, 3.05) is 0 Å². The van der Waals surface area contributed by atoms with Crippen LogP contribution in [0, 0.1) is 6.92 Å². The molecule has 10 heteroatoms. The molecule has 3 rings (SSSR count). The maximum absolute atomic E-state index is 12.5. The first-order valence-electron chi connectivity index (χ1n) is 7.21. The number of aromatic amines is 1. The minimum atomic E-state index is -4.54. The van der Waals surface area contributed by atoms with Gasteiger partial charge in [0.2, 0.25) is 0 Å². The molecule has 0 bridgehead atoms. The largest absolute Gasteiger partial charge is 1.00 e. The van der Waals surface area contributed by atoms with Gasteiger partial charge in [0.1, 0.15) is 10.1 Å². The van der Waals surface area contributed by atoms with E-state index in [1.165, 1.54) is 16.8 Å². The molecule has 0 aliphatic carbocycles. The van der Waals surface area contributed by atoms with Crippen LogP contribution in [0.25, 0.3) is 5.69 Å². The number of nitrogens with one attached hydrogen (secondary N) is 1. The Morgan fingerprint density at radius 1 is 1.00 bits per heavy atom. The fourth-order valence-electron chi connectivity index (χ4n) is 2.20. The summed E-state index contributed by atoms with van der Waals surface area (Å²) in [6.45, 7) is 1.67. The molecule has 0 aliphatic rings. The first-order chi connectivity index (χ1) is 11.9. The molecular weight excluding hydrogens is 367 g/mol. The van der Waals surface area contributed by atoms with Crippen molar-refractivity contribution in [1.82, 2.24) is 9.78 Å². The van der Waals surface area contributed by atoms with Crippen LogP contribution in [-0.2, 0) is 10.1 Å². The van der Waals surface area contributed by atoms with E-state index in [0.717, 1.165) is 12.1 Å². The fourth-order valence-corrected chi connectivity index (χ4v) is 2.67. The Balaban J connectivity index is 0.00000243. The zero-order chi connectivity index (χ0) is 18.0. The standard InChI is InChI=1S/C16H14N4O4S.Na/c1-11-15(18-17-12-5-3-2-4-6-12)16(21)20(19-11)13-7-9-14(10-8-13)25(22,23)24;/h2-10,19H,1H3,(H,22,23,24);/q;+1/p-1. The zero-order valence-corrected chi connectivity index (χ0v) is 16.9. The summed E-state index contributed by atoms with van der Waals surface area (Å²) in [5.74, 6) is 0. The van der Waals surface area contributed by atoms with E-state index in [9.17, 15) is 17.8 Å². The summed E-state index contributed by atoms with van der Waals surface area (Å²) >= 11 is 0. The van der Waals surface area contributed by atoms with Gasteiger partial charge in [-0.2, -0.15) is 5.11 Å². The second-order valence-corrected chi connectivity index (χ2v) is 6.59. The van der Waals surface area contributed by atoms with Crippen LogP contribution in [-0.4, -0.2) is 22.8 Å². The fraction of sp³-hybridized carbons (Fsp3) is 0.0625. The summed E-state index contributed by atoms with van der Waals surface area (Å²) in [4.78, 5) is 12.1. The molecule has 8 nitrogen and oxygen atoms in total. The quantitative estimate of drug-likeness (QED) is 0.383. The third-order valence-electron chi connectivity index (χ3n) is 3.45. The van der Waals surface area contributed by atoms with Crippen molar-refractivity contribution in [2.24, 2.45) is 10.2 Å². The van der Waals surface area contributed by atoms with E-state index in [-0.39, 0.29) is 40.1 Å². The van der Waals surface area contributed by atoms with Crippen LogP contribution >= 0.6 is 0 Å². The Hall–Kier alpha value is -2.04. The van der Waals surface area contributed by atoms with Crippen molar-refractivity contribution in [3.05, 3.63) is 70.6 Å². The van der Waals surface area contributed by atoms with Crippen LogP contribution in [0.1, 0.15) is 5.69 Å². The number of aromatic nitrogens is 2. The average molecular weight is 380 g/mol. The van der Waals surface area contributed by atoms with Gasteiger partial charge in [-0.15, -0.1) is 5.11 Å². The zero-order valence-electron chi connectivity index (χ0n) is 14.1. The summed E-state index contributed by atoms with van der Waals surface area (Å²) < 4.78 is 34.1. The summed E-state index contributed by atoms with van der Waals surface area (Å²) in [6.07, 6.45) is 0. The molecule has 1 aromatic heterocycles. The monoisotopic (exact) mass is 380 g/mol. The molecule has 0 unspecified atom stereocenters. The summed E-state index contributed by atoms with van der Waals surface area (Å²) in [7, 11) is -4.54. The molecule has 2 aromatic carbocycles. The minimum absolute atomic E-state index is 0. The Morgan fingerprint density at radius 2 is 1.62 bits per heavy atom. The molecular formula is C16H13N4NaO4S. The van der Waals surface area contributed by atoms with Crippen LogP contribution in [0.2, 0.25) is 0 Å². The third-order valence-corrected chi connectivity index (χ3v) is 4.30. The minimum Gasteiger partial charge on any atom is -0.744 e. The number of azo groups is 1. The molecule has 26 heavy (non-hydrogen) atoms. The number of hydrogen-bond donors (Lipinski definition) is 1. The Morgan fingerprint density at radius 3 is 2.19 bits per heavy atom. The van der Waals surface area contributed by atoms with Crippen molar-refractivity contribution in [3.63, 3.8) is 0 Å². The van der Waals surface area contributed by atoms with Gasteiger partial charge in [-0.05, 0) is 43.3 Å². The second-order valence-electron chi connectivity index (χ2n) is 5.21. The van der Waals surface area contributed by atoms with Crippen molar-refractivity contribution in [3.8, 4) is 5.69 Å². The van der Waals surface area contributed by atoms with E-state index in [1.54, 1.807) is 19.1 Å². The van der Waals surface area contributed by atoms with Crippen molar-refractivity contribution < 1.29 is 42.5 Å². The molecule has 0 fully saturated rings. The first-order valence-corrected chi connectivity index (χ1v) is 8.62. The van der Waals surface area contributed by atoms with Crippen molar-refractivity contribution in [2.45, 2.75) is 11.8 Å². The third kappa shape index (κ3) is 4.37. The normalized spacial score (nSPS) is 11.5. The van der Waals surface area contributed by atoms with Gasteiger partial charge in [-0.25, -0.2) is 13.1 Å². The van der Waals surface area contributed by atoms with Gasteiger partial charge >= 0.3 is 29.6 Å². The Labute approximate surface area is 171 Å². The number of H-pyrrole nitrogens is 1. The summed E-state index contributed by atoms with van der Waals surface area (Å²) in [6, 6.07) is 14.0. The van der Waals surface area contributed by atoms with Gasteiger partial charge in [-0.1, -0.05) is 18.2 Å². The van der Waals surface area contributed by atoms with E-state index in [0.29, 0.717) is 17.1 Å². The first kappa shape index (κ1) is 20.3. The predicted octanol–water partition coefficient (Wildman–Crippen LogP) is -0.202. The Kier molecular flexibility index (Phi) is 6.32. The van der Waals surface area contributed by atoms with E-state index >= 15 is 0 Å². The van der Waals surface area contributed by atoms with Crippen LogP contribution in [0.15, 0.2) is 74.5 Å². The molecule has 128 valence electrons. The molecule has 0 radical (unpaired) electrons. The van der Waals surface area contributed by atoms with Gasteiger partial charge < -0.3 is 4.55 Å². The summed E-state index contributed by atoms with van der Waals surface area (Å²) in [5.41, 5.74) is 1.20. The maximum Gasteiger partial charge on any atom is 1.00 e. The topological polar surface area (TPSA) is 120 Å². The van der Waals surface area contributed by atoms with E-state index < -0.39 is 15.7 Å². The van der Waals surface area contributed by atoms with Gasteiger partial charge in [0.25, 0.3) is 5.56 Å². The molecule has 1 N–H and O–H groups in total. The van der Waals surface area contributed by atoms with Gasteiger partial charge in [-0.3, -0.25) is 9.89 Å². The van der Waals surface area contributed by atoms with Crippen molar-refractivity contribution >= 4 is 21.5 Å². The average Bonchev–Trinajstić information content (AvgIpc) is 2.87. The molecule has 0 saturated carbocycles. The van der Waals surface area contributed by atoms with Gasteiger partial charge in [0.05, 0.1) is 22.0 Å². The van der Waals surface area contributed by atoms with Crippen LogP contribution < -0.4 is 35.1 Å². The molecule has 0 amide bonds. The van der Waals surface area contributed by atoms with Crippen LogP contribution in [0.5, 0.6) is 0 Å². The molecule has 0 spiro atoms. The predicted molar refractivity (Wildman–Crippen MR) is 89.7 cm³/mol. The summed E-state index contributed by atoms with van der Waals surface area (Å²) in [5, 5.41) is 10.9. The molecule has 3 aromatic rings. The van der Waals surface area contributed by atoms with Crippen LogP contribution in [0.3, 0.4) is 0 Å². The van der Waals surface area contributed by atoms with E-state index in [2.05, 4.69) is 15.3 Å². The number of benzene rings is 2. The molecule has 0 saturated heterocycles. The number of nitrogens with zero attached hydrogens (tertiary/aromatic N) is 3. The smallest absolute Gasteiger partial charge is 0.744 e.